The second kappa shape index (κ2) is 6.81. The van der Waals surface area contributed by atoms with Crippen LogP contribution in [0.5, 0.6) is 0 Å². The summed E-state index contributed by atoms with van der Waals surface area (Å²) in [4.78, 5) is 26.8. The molecule has 6 nitrogen and oxygen atoms in total. The number of Topliss-reactive ketones (excluding diaryl/α,β-unsaturated/α-hetero) is 2. The van der Waals surface area contributed by atoms with Crippen LogP contribution in [0.4, 0.5) is 0 Å². The summed E-state index contributed by atoms with van der Waals surface area (Å²) in [6.45, 7) is 0.527. The summed E-state index contributed by atoms with van der Waals surface area (Å²) in [5.74, 6) is -0.978. The summed E-state index contributed by atoms with van der Waals surface area (Å²) in [7, 11) is -4.00. The van der Waals surface area contributed by atoms with Gasteiger partial charge in [-0.25, -0.2) is 12.4 Å². The van der Waals surface area contributed by atoms with Gasteiger partial charge in [-0.15, -0.1) is 0 Å². The van der Waals surface area contributed by atoms with E-state index in [0.717, 1.165) is 9.54 Å². The first-order chi connectivity index (χ1) is 14.5. The lowest BCUT2D eigenvalue weighted by Gasteiger charge is -2.31. The molecule has 1 atom stereocenters. The van der Waals surface area contributed by atoms with Crippen LogP contribution in [-0.2, 0) is 10.0 Å². The molecule has 1 unspecified atom stereocenters. The number of ketones is 2. The van der Waals surface area contributed by atoms with Gasteiger partial charge < -0.3 is 5.32 Å². The van der Waals surface area contributed by atoms with E-state index in [4.69, 9.17) is 0 Å². The van der Waals surface area contributed by atoms with E-state index in [1.807, 2.05) is 30.3 Å². The lowest BCUT2D eigenvalue weighted by molar-refractivity contribution is 0.0954. The van der Waals surface area contributed by atoms with Gasteiger partial charge in [0.2, 0.25) is 5.78 Å². The quantitative estimate of drug-likeness (QED) is 0.706. The Balaban J connectivity index is 1.66. The molecule has 1 aliphatic carbocycles. The van der Waals surface area contributed by atoms with Gasteiger partial charge in [-0.05, 0) is 30.2 Å². The number of hydrogen-bond donors (Lipinski definition) is 1. The fourth-order valence-corrected chi connectivity index (χ4v) is 5.61. The largest absolute Gasteiger partial charge is 0.381 e. The summed E-state index contributed by atoms with van der Waals surface area (Å²) in [6, 6.07) is 18.9. The average molecular weight is 418 g/mol. The summed E-state index contributed by atoms with van der Waals surface area (Å²) < 4.78 is 27.2. The molecule has 2 aromatic carbocycles. The van der Waals surface area contributed by atoms with Crippen molar-refractivity contribution in [1.82, 2.24) is 9.29 Å². The van der Waals surface area contributed by atoms with Crippen molar-refractivity contribution in [3.8, 4) is 0 Å². The number of hydrogen-bond acceptors (Lipinski definition) is 5. The van der Waals surface area contributed by atoms with Gasteiger partial charge >= 0.3 is 0 Å². The molecular weight excluding hydrogens is 400 g/mol. The first-order valence-corrected chi connectivity index (χ1v) is 11.1. The lowest BCUT2D eigenvalue weighted by Crippen LogP contribution is -2.38. The van der Waals surface area contributed by atoms with Crippen LogP contribution >= 0.6 is 0 Å². The minimum absolute atomic E-state index is 0.0576. The van der Waals surface area contributed by atoms with E-state index >= 15 is 0 Å². The van der Waals surface area contributed by atoms with Crippen molar-refractivity contribution in [1.29, 1.82) is 0 Å². The maximum absolute atomic E-state index is 13.4. The van der Waals surface area contributed by atoms with Crippen LogP contribution in [-0.4, -0.2) is 30.5 Å². The Morgan fingerprint density at radius 3 is 2.23 bits per heavy atom. The number of allylic oxidation sites excluding steroid dienone is 2. The van der Waals surface area contributed by atoms with Crippen molar-refractivity contribution in [3.05, 3.63) is 101 Å². The number of nitrogens with zero attached hydrogens (tertiary/aromatic N) is 1. The first kappa shape index (κ1) is 18.6. The molecular formula is C23H18N2O4S. The number of aromatic nitrogens is 1. The van der Waals surface area contributed by atoms with Gasteiger partial charge in [-0.2, -0.15) is 0 Å². The number of nitrogens with one attached hydrogen (secondary N) is 1. The van der Waals surface area contributed by atoms with E-state index in [-0.39, 0.29) is 33.6 Å². The van der Waals surface area contributed by atoms with Crippen LogP contribution in [0, 0.1) is 0 Å². The first-order valence-electron chi connectivity index (χ1n) is 9.64. The fraction of sp³-hybridized carbons (Fsp3) is 0.130. The van der Waals surface area contributed by atoms with E-state index in [9.17, 15) is 18.0 Å². The average Bonchev–Trinajstić information content (AvgIpc) is 3.25. The highest BCUT2D eigenvalue weighted by molar-refractivity contribution is 7.90. The van der Waals surface area contributed by atoms with E-state index in [2.05, 4.69) is 5.32 Å². The van der Waals surface area contributed by atoms with Crippen molar-refractivity contribution >= 4 is 21.6 Å². The molecule has 1 N–H and O–H groups in total. The molecule has 150 valence electrons. The van der Waals surface area contributed by atoms with Crippen molar-refractivity contribution in [2.45, 2.75) is 17.2 Å². The number of carbonyl (C=O) groups excluding carboxylic acids is 2. The Morgan fingerprint density at radius 2 is 1.53 bits per heavy atom. The lowest BCUT2D eigenvalue weighted by atomic mass is 9.77. The Morgan fingerprint density at radius 1 is 0.867 bits per heavy atom. The van der Waals surface area contributed by atoms with Crippen molar-refractivity contribution in [3.63, 3.8) is 0 Å². The van der Waals surface area contributed by atoms with Crippen LogP contribution in [0.25, 0.3) is 0 Å². The predicted octanol–water partition coefficient (Wildman–Crippen LogP) is 3.14. The highest BCUT2D eigenvalue weighted by Crippen LogP contribution is 2.39. The van der Waals surface area contributed by atoms with E-state index in [0.29, 0.717) is 18.5 Å². The predicted molar refractivity (Wildman–Crippen MR) is 111 cm³/mol. The van der Waals surface area contributed by atoms with Gasteiger partial charge in [-0.1, -0.05) is 48.5 Å². The molecule has 2 heterocycles. The second-order valence-corrected chi connectivity index (χ2v) is 9.13. The molecule has 0 fully saturated rings. The molecule has 3 aromatic rings. The normalized spacial score (nSPS) is 18.6. The Kier molecular flexibility index (Phi) is 4.22. The summed E-state index contributed by atoms with van der Waals surface area (Å²) in [5, 5.41) is 3.05. The third-order valence-corrected chi connectivity index (χ3v) is 7.33. The van der Waals surface area contributed by atoms with Crippen molar-refractivity contribution in [2.75, 3.05) is 6.54 Å². The molecule has 30 heavy (non-hydrogen) atoms. The minimum Gasteiger partial charge on any atom is -0.381 e. The highest BCUT2D eigenvalue weighted by atomic mass is 32.2. The Labute approximate surface area is 173 Å². The fourth-order valence-electron chi connectivity index (χ4n) is 4.24. The zero-order valence-electron chi connectivity index (χ0n) is 15.9. The standard InChI is InChI=1S/C23H18N2O4S/c26-22-18-12-14-25(30(28,29)16-9-5-2-6-10-16)21(18)23(27)20-19(22)17(11-13-24-20)15-7-3-1-4-8-15/h1-10,12,14,17,24H,11,13H2. The summed E-state index contributed by atoms with van der Waals surface area (Å²) in [5.41, 5.74) is 1.61. The topological polar surface area (TPSA) is 85.2 Å². The van der Waals surface area contributed by atoms with Gasteiger partial charge in [-0.3, -0.25) is 9.59 Å². The Bertz CT molecular complexity index is 1310. The van der Waals surface area contributed by atoms with Crippen molar-refractivity contribution < 1.29 is 18.0 Å². The summed E-state index contributed by atoms with van der Waals surface area (Å²) in [6.07, 6.45) is 1.97. The van der Waals surface area contributed by atoms with Crippen LogP contribution < -0.4 is 5.32 Å². The van der Waals surface area contributed by atoms with Gasteiger partial charge in [0.15, 0.2) is 5.78 Å². The van der Waals surface area contributed by atoms with E-state index in [1.165, 1.54) is 24.4 Å². The van der Waals surface area contributed by atoms with Gasteiger partial charge in [0.25, 0.3) is 10.0 Å². The van der Waals surface area contributed by atoms with Crippen LogP contribution in [0.1, 0.15) is 38.7 Å². The van der Waals surface area contributed by atoms with Gasteiger partial charge in [0.1, 0.15) is 5.69 Å². The van der Waals surface area contributed by atoms with E-state index < -0.39 is 15.8 Å². The molecule has 0 bridgehead atoms. The number of benzene rings is 2. The molecule has 1 aromatic heterocycles. The zero-order valence-corrected chi connectivity index (χ0v) is 16.7. The molecule has 0 amide bonds. The third-order valence-electron chi connectivity index (χ3n) is 5.64. The maximum Gasteiger partial charge on any atom is 0.268 e. The van der Waals surface area contributed by atoms with Crippen LogP contribution in [0.3, 0.4) is 0 Å². The number of rotatable bonds is 3. The minimum atomic E-state index is -4.00. The number of carbonyl (C=O) groups is 2. The van der Waals surface area contributed by atoms with Crippen molar-refractivity contribution in [2.24, 2.45) is 0 Å². The molecule has 2 aliphatic rings. The zero-order chi connectivity index (χ0) is 20.9. The third kappa shape index (κ3) is 2.66. The molecule has 0 spiro atoms. The Hall–Kier alpha value is -3.45. The SMILES string of the molecule is O=C1C2=C(NCCC2c2ccccc2)C(=O)c2c1ccn2S(=O)(=O)c1ccccc1. The van der Waals surface area contributed by atoms with E-state index in [1.54, 1.807) is 18.2 Å². The molecule has 0 radical (unpaired) electrons. The maximum atomic E-state index is 13.4. The van der Waals surface area contributed by atoms with Gasteiger partial charge in [0, 0.05) is 24.2 Å². The van der Waals surface area contributed by atoms with Crippen LogP contribution in [0.15, 0.2) is 89.1 Å². The molecule has 1 aliphatic heterocycles. The smallest absolute Gasteiger partial charge is 0.268 e. The molecule has 0 saturated heterocycles. The van der Waals surface area contributed by atoms with Crippen LogP contribution in [0.2, 0.25) is 0 Å². The summed E-state index contributed by atoms with van der Waals surface area (Å²) >= 11 is 0. The molecule has 0 saturated carbocycles. The number of fused-ring (bicyclic) bond motifs is 1. The molecule has 7 heteroatoms. The second-order valence-electron chi connectivity index (χ2n) is 7.32. The molecule has 5 rings (SSSR count). The highest BCUT2D eigenvalue weighted by Gasteiger charge is 2.42. The monoisotopic (exact) mass is 418 g/mol. The van der Waals surface area contributed by atoms with Gasteiger partial charge in [0.05, 0.1) is 16.2 Å².